The van der Waals surface area contributed by atoms with E-state index in [0.717, 1.165) is 24.8 Å². The first-order valence-corrected chi connectivity index (χ1v) is 9.76. The summed E-state index contributed by atoms with van der Waals surface area (Å²) >= 11 is 0. The number of hydrogen-bond donors (Lipinski definition) is 2. The van der Waals surface area contributed by atoms with Crippen molar-refractivity contribution < 1.29 is 24.2 Å². The monoisotopic (exact) mass is 368 g/mol. The molecule has 1 aliphatic rings. The Bertz CT molecular complexity index is 500. The molecule has 0 heterocycles. The Hall–Kier alpha value is -1.49. The average molecular weight is 368 g/mol. The molecule has 0 aromatic heterocycles. The number of unbranched alkanes of at least 4 members (excludes halogenated alkanes) is 3. The van der Waals surface area contributed by atoms with E-state index in [1.54, 1.807) is 0 Å². The van der Waals surface area contributed by atoms with Crippen LogP contribution in [0.25, 0.3) is 0 Å². The highest BCUT2D eigenvalue weighted by Crippen LogP contribution is 2.39. The van der Waals surface area contributed by atoms with Crippen molar-refractivity contribution >= 4 is 11.8 Å². The minimum atomic E-state index is -1.33. The van der Waals surface area contributed by atoms with Gasteiger partial charge in [0.05, 0.1) is 6.10 Å². The summed E-state index contributed by atoms with van der Waals surface area (Å²) < 4.78 is 14.4. The molecule has 2 N–H and O–H groups in total. The average Bonchev–Trinajstić information content (AvgIpc) is 2.84. The second-order valence-corrected chi connectivity index (χ2v) is 7.32. The van der Waals surface area contributed by atoms with Crippen LogP contribution in [-0.4, -0.2) is 34.2 Å². The van der Waals surface area contributed by atoms with Crippen LogP contribution in [0.5, 0.6) is 0 Å². The van der Waals surface area contributed by atoms with Gasteiger partial charge in [0.25, 0.3) is 0 Å². The summed E-state index contributed by atoms with van der Waals surface area (Å²) in [5.74, 6) is -1.23. The highest BCUT2D eigenvalue weighted by Gasteiger charge is 2.38. The Morgan fingerprint density at radius 3 is 2.69 bits per heavy atom. The van der Waals surface area contributed by atoms with Gasteiger partial charge in [-0.25, -0.2) is 4.39 Å². The fourth-order valence-electron chi connectivity index (χ4n) is 3.54. The van der Waals surface area contributed by atoms with Crippen LogP contribution < -0.4 is 0 Å². The molecular weight excluding hydrogens is 335 g/mol. The molecular formula is C21H33FO4. The van der Waals surface area contributed by atoms with Crippen molar-refractivity contribution in [3.05, 3.63) is 24.3 Å². The van der Waals surface area contributed by atoms with Crippen molar-refractivity contribution in [3.8, 4) is 0 Å². The third-order valence-corrected chi connectivity index (χ3v) is 5.14. The van der Waals surface area contributed by atoms with Gasteiger partial charge in [-0.15, -0.1) is 0 Å². The largest absolute Gasteiger partial charge is 0.481 e. The van der Waals surface area contributed by atoms with E-state index in [-0.39, 0.29) is 30.5 Å². The molecule has 1 saturated carbocycles. The highest BCUT2D eigenvalue weighted by atomic mass is 19.1. The molecule has 1 aliphatic carbocycles. The van der Waals surface area contributed by atoms with E-state index in [2.05, 4.69) is 13.5 Å². The van der Waals surface area contributed by atoms with Crippen LogP contribution in [0.1, 0.15) is 71.1 Å². The molecule has 0 aliphatic heterocycles. The van der Waals surface area contributed by atoms with Crippen LogP contribution in [0.4, 0.5) is 4.39 Å². The number of carboxylic acid groups (broad SMARTS) is 1. The molecule has 0 spiro atoms. The maximum Gasteiger partial charge on any atom is 0.303 e. The summed E-state index contributed by atoms with van der Waals surface area (Å²) in [4.78, 5) is 22.7. The standard InChI is InChI=1S/C21H33FO4/c1-3-4-7-11-19(23)18(22)14-17-15(2)13-20(24)16(17)10-8-5-6-9-12-21(25)26/h5,8,16-19,23H,2-4,6-7,9-14H2,1H3,(H,25,26)/b8-5-/t16-,17+,18-,19+/m1/s1. The van der Waals surface area contributed by atoms with E-state index in [1.807, 2.05) is 12.2 Å². The van der Waals surface area contributed by atoms with Crippen LogP contribution in [-0.2, 0) is 9.59 Å². The normalized spacial score (nSPS) is 22.9. The molecule has 26 heavy (non-hydrogen) atoms. The lowest BCUT2D eigenvalue weighted by Crippen LogP contribution is -2.27. The zero-order chi connectivity index (χ0) is 19.5. The maximum absolute atomic E-state index is 14.4. The number of halogens is 1. The third-order valence-electron chi connectivity index (χ3n) is 5.14. The predicted octanol–water partition coefficient (Wildman–Crippen LogP) is 4.62. The number of ketones is 1. The molecule has 1 fully saturated rings. The van der Waals surface area contributed by atoms with Gasteiger partial charge in [0, 0.05) is 18.8 Å². The Balaban J connectivity index is 2.50. The number of aliphatic hydroxyl groups excluding tert-OH is 1. The molecule has 5 heteroatoms. The van der Waals surface area contributed by atoms with Gasteiger partial charge < -0.3 is 10.2 Å². The topological polar surface area (TPSA) is 74.6 Å². The van der Waals surface area contributed by atoms with Crippen molar-refractivity contribution in [1.29, 1.82) is 0 Å². The molecule has 4 atom stereocenters. The lowest BCUT2D eigenvalue weighted by atomic mass is 9.85. The third kappa shape index (κ3) is 7.81. The first kappa shape index (κ1) is 22.6. The van der Waals surface area contributed by atoms with E-state index in [4.69, 9.17) is 5.11 Å². The van der Waals surface area contributed by atoms with Crippen LogP contribution in [0.3, 0.4) is 0 Å². The van der Waals surface area contributed by atoms with Crippen LogP contribution in [0, 0.1) is 11.8 Å². The van der Waals surface area contributed by atoms with E-state index in [9.17, 15) is 19.1 Å². The summed E-state index contributed by atoms with van der Waals surface area (Å²) in [5, 5.41) is 18.6. The number of carboxylic acids is 1. The summed E-state index contributed by atoms with van der Waals surface area (Å²) in [7, 11) is 0. The van der Waals surface area contributed by atoms with E-state index in [0.29, 0.717) is 32.1 Å². The van der Waals surface area contributed by atoms with Gasteiger partial charge in [0.15, 0.2) is 0 Å². The molecule has 0 unspecified atom stereocenters. The molecule has 148 valence electrons. The van der Waals surface area contributed by atoms with Gasteiger partial charge in [-0.1, -0.05) is 50.5 Å². The molecule has 1 rings (SSSR count). The number of allylic oxidation sites excluding steroid dienone is 3. The molecule has 0 aromatic carbocycles. The number of aliphatic carboxylic acids is 1. The van der Waals surface area contributed by atoms with E-state index in [1.165, 1.54) is 0 Å². The van der Waals surface area contributed by atoms with Gasteiger partial charge >= 0.3 is 5.97 Å². The van der Waals surface area contributed by atoms with Gasteiger partial charge in [0.1, 0.15) is 12.0 Å². The van der Waals surface area contributed by atoms with Crippen molar-refractivity contribution in [2.24, 2.45) is 11.8 Å². The SMILES string of the molecule is C=C1CC(=O)[C@H](C/C=C\CCCC(=O)O)[C@H]1C[C@@H](F)[C@@H](O)CCCCC. The first-order chi connectivity index (χ1) is 12.4. The van der Waals surface area contributed by atoms with E-state index >= 15 is 0 Å². The van der Waals surface area contributed by atoms with Crippen LogP contribution in [0.2, 0.25) is 0 Å². The van der Waals surface area contributed by atoms with Crippen molar-refractivity contribution in [2.75, 3.05) is 0 Å². The van der Waals surface area contributed by atoms with Gasteiger partial charge in [-0.05, 0) is 38.0 Å². The Morgan fingerprint density at radius 1 is 1.31 bits per heavy atom. The number of Topliss-reactive ketones (excluding diaryl/α,β-unsaturated/α-hetero) is 1. The molecule has 0 amide bonds. The van der Waals surface area contributed by atoms with Crippen molar-refractivity contribution in [2.45, 2.75) is 83.4 Å². The van der Waals surface area contributed by atoms with Crippen molar-refractivity contribution in [3.63, 3.8) is 0 Å². The molecule has 4 nitrogen and oxygen atoms in total. The lowest BCUT2D eigenvalue weighted by molar-refractivity contribution is -0.137. The number of rotatable bonds is 13. The number of alkyl halides is 1. The van der Waals surface area contributed by atoms with Crippen LogP contribution in [0.15, 0.2) is 24.3 Å². The summed E-state index contributed by atoms with van der Waals surface area (Å²) in [6, 6.07) is 0. The summed E-state index contributed by atoms with van der Waals surface area (Å²) in [5.41, 5.74) is 0.766. The summed E-state index contributed by atoms with van der Waals surface area (Å²) in [6.45, 7) is 6.01. The molecule has 0 radical (unpaired) electrons. The Labute approximate surface area is 156 Å². The Morgan fingerprint density at radius 2 is 2.04 bits per heavy atom. The maximum atomic E-state index is 14.4. The minimum Gasteiger partial charge on any atom is -0.481 e. The van der Waals surface area contributed by atoms with Gasteiger partial charge in [-0.3, -0.25) is 9.59 Å². The number of hydrogen-bond acceptors (Lipinski definition) is 3. The first-order valence-electron chi connectivity index (χ1n) is 9.76. The van der Waals surface area contributed by atoms with E-state index < -0.39 is 18.2 Å². The molecule has 0 saturated heterocycles. The zero-order valence-electron chi connectivity index (χ0n) is 15.8. The smallest absolute Gasteiger partial charge is 0.303 e. The second kappa shape index (κ2) is 12.0. The van der Waals surface area contributed by atoms with Gasteiger partial charge in [-0.2, -0.15) is 0 Å². The fraction of sp³-hybridized carbons (Fsp3) is 0.714. The quantitative estimate of drug-likeness (QED) is 0.367. The predicted molar refractivity (Wildman–Crippen MR) is 101 cm³/mol. The number of carbonyl (C=O) groups excluding carboxylic acids is 1. The molecule has 0 aromatic rings. The van der Waals surface area contributed by atoms with Gasteiger partial charge in [0.2, 0.25) is 0 Å². The summed E-state index contributed by atoms with van der Waals surface area (Å²) in [6.07, 6.45) is 7.06. The van der Waals surface area contributed by atoms with Crippen molar-refractivity contribution in [1.82, 2.24) is 0 Å². The zero-order valence-corrected chi connectivity index (χ0v) is 15.8. The Kier molecular flexibility index (Phi) is 10.4. The number of aliphatic hydroxyl groups is 1. The van der Waals surface area contributed by atoms with Crippen LogP contribution >= 0.6 is 0 Å². The highest BCUT2D eigenvalue weighted by molar-refractivity contribution is 5.87. The minimum absolute atomic E-state index is 0.0860. The second-order valence-electron chi connectivity index (χ2n) is 7.32. The molecule has 0 bridgehead atoms. The lowest BCUT2D eigenvalue weighted by Gasteiger charge is -2.23. The fourth-order valence-corrected chi connectivity index (χ4v) is 3.54. The number of carbonyl (C=O) groups is 2.